The molecule has 2 N–H and O–H groups in total. The average molecular weight is 565 g/mol. The minimum absolute atomic E-state index is 0.0107. The van der Waals surface area contributed by atoms with Crippen LogP contribution in [0.4, 0.5) is 10.1 Å². The summed E-state index contributed by atoms with van der Waals surface area (Å²) in [5.41, 5.74) is 4.13. The molecule has 9 heteroatoms. The Morgan fingerprint density at radius 1 is 1.00 bits per heavy atom. The van der Waals surface area contributed by atoms with Crippen molar-refractivity contribution in [1.82, 2.24) is 15.1 Å². The minimum atomic E-state index is -1.02. The van der Waals surface area contributed by atoms with Crippen molar-refractivity contribution < 1.29 is 19.1 Å². The van der Waals surface area contributed by atoms with Gasteiger partial charge in [-0.1, -0.05) is 60.3 Å². The molecule has 0 saturated heterocycles. The number of rotatable bonds is 8. The van der Waals surface area contributed by atoms with Crippen molar-refractivity contribution in [2.24, 2.45) is 0 Å². The molecule has 0 aliphatic carbocycles. The van der Waals surface area contributed by atoms with Gasteiger partial charge in [-0.05, 0) is 66.9 Å². The van der Waals surface area contributed by atoms with Gasteiger partial charge in [0.1, 0.15) is 10.8 Å². The van der Waals surface area contributed by atoms with Crippen LogP contribution in [-0.2, 0) is 6.54 Å². The highest BCUT2D eigenvalue weighted by Crippen LogP contribution is 2.39. The van der Waals surface area contributed by atoms with E-state index >= 15 is 0 Å². The minimum Gasteiger partial charge on any atom is -0.478 e. The zero-order valence-electron chi connectivity index (χ0n) is 22.3. The fourth-order valence-corrected chi connectivity index (χ4v) is 5.37. The first-order valence-electron chi connectivity index (χ1n) is 12.8. The number of carbonyl (C=O) groups excluding carboxylic acids is 1. The molecule has 0 radical (unpaired) electrons. The lowest BCUT2D eigenvalue weighted by molar-refractivity contribution is 0.0696. The van der Waals surface area contributed by atoms with E-state index in [9.17, 15) is 14.0 Å². The second-order valence-electron chi connectivity index (χ2n) is 9.66. The molecule has 41 heavy (non-hydrogen) atoms. The molecule has 0 aliphatic heterocycles. The molecule has 0 atom stereocenters. The van der Waals surface area contributed by atoms with Crippen LogP contribution in [0.25, 0.3) is 26.9 Å². The van der Waals surface area contributed by atoms with E-state index in [0.717, 1.165) is 27.1 Å². The summed E-state index contributed by atoms with van der Waals surface area (Å²) in [6.45, 7) is 11.4. The number of nitrogens with zero attached hydrogens (tertiary/aromatic N) is 3. The van der Waals surface area contributed by atoms with Crippen LogP contribution in [0.1, 0.15) is 46.2 Å². The maximum Gasteiger partial charge on any atom is 0.335 e. The molecular formula is C32H25FN4O3S. The lowest BCUT2D eigenvalue weighted by Gasteiger charge is -2.12. The van der Waals surface area contributed by atoms with Gasteiger partial charge in [-0.2, -0.15) is 5.10 Å². The fourth-order valence-electron chi connectivity index (χ4n) is 4.43. The monoisotopic (exact) mass is 564 g/mol. The number of carboxylic acid groups (broad SMARTS) is 1. The number of carbonyl (C=O) groups is 2. The van der Waals surface area contributed by atoms with E-state index in [-0.39, 0.29) is 29.9 Å². The standard InChI is InChI=1S/C32H25FN4O3S/c1-19(2)37-28-17-23(21-8-10-24(33)11-9-21)16-27(30(38)35-18-20-4-6-22(7-5-20)32(39)40)29(28)31(36-37)41-26-14-12-25(34-3)13-15-26/h4-17,19H,18H2,1-2H3,(H,35,38)(H,39,40). The summed E-state index contributed by atoms with van der Waals surface area (Å²) in [5.74, 6) is -1.69. The third kappa shape index (κ3) is 5.98. The van der Waals surface area contributed by atoms with Gasteiger partial charge in [0, 0.05) is 22.9 Å². The summed E-state index contributed by atoms with van der Waals surface area (Å²) in [5, 5.41) is 18.3. The normalized spacial score (nSPS) is 11.0. The maximum atomic E-state index is 13.8. The summed E-state index contributed by atoms with van der Waals surface area (Å²) in [6, 6.07) is 23.4. The molecule has 7 nitrogen and oxygen atoms in total. The molecule has 5 rings (SSSR count). The quantitative estimate of drug-likeness (QED) is 0.188. The van der Waals surface area contributed by atoms with Crippen LogP contribution in [0.5, 0.6) is 0 Å². The van der Waals surface area contributed by atoms with Crippen LogP contribution in [0.2, 0.25) is 0 Å². The zero-order chi connectivity index (χ0) is 29.1. The Labute approximate surface area is 240 Å². The number of hydrogen-bond acceptors (Lipinski definition) is 4. The summed E-state index contributed by atoms with van der Waals surface area (Å²) in [6.07, 6.45) is 0. The Morgan fingerprint density at radius 2 is 1.68 bits per heavy atom. The molecule has 4 aromatic carbocycles. The molecule has 0 aliphatic rings. The zero-order valence-corrected chi connectivity index (χ0v) is 23.1. The molecule has 1 amide bonds. The molecule has 0 fully saturated rings. The highest BCUT2D eigenvalue weighted by atomic mass is 32.2. The Balaban J connectivity index is 1.60. The Morgan fingerprint density at radius 3 is 2.29 bits per heavy atom. The van der Waals surface area contributed by atoms with Crippen molar-refractivity contribution >= 4 is 40.2 Å². The number of aromatic nitrogens is 2. The van der Waals surface area contributed by atoms with Gasteiger partial charge >= 0.3 is 5.97 Å². The van der Waals surface area contributed by atoms with Gasteiger partial charge in [-0.3, -0.25) is 9.48 Å². The van der Waals surface area contributed by atoms with E-state index in [2.05, 4.69) is 10.2 Å². The third-order valence-electron chi connectivity index (χ3n) is 6.52. The molecule has 1 heterocycles. The number of fused-ring (bicyclic) bond motifs is 1. The number of benzene rings is 4. The second-order valence-corrected chi connectivity index (χ2v) is 10.7. The summed E-state index contributed by atoms with van der Waals surface area (Å²) >= 11 is 1.41. The summed E-state index contributed by atoms with van der Waals surface area (Å²) in [7, 11) is 0. The van der Waals surface area contributed by atoms with Crippen LogP contribution in [0, 0.1) is 12.4 Å². The third-order valence-corrected chi connectivity index (χ3v) is 7.51. The van der Waals surface area contributed by atoms with E-state index < -0.39 is 5.97 Å². The van der Waals surface area contributed by atoms with E-state index in [1.807, 2.05) is 36.7 Å². The predicted octanol–water partition coefficient (Wildman–Crippen LogP) is 7.75. The van der Waals surface area contributed by atoms with Gasteiger partial charge in [0.05, 0.1) is 23.2 Å². The number of amides is 1. The van der Waals surface area contributed by atoms with Gasteiger partial charge < -0.3 is 10.4 Å². The topological polar surface area (TPSA) is 88.6 Å². The van der Waals surface area contributed by atoms with E-state index in [1.54, 1.807) is 42.5 Å². The number of carboxylic acids is 1. The molecule has 0 bridgehead atoms. The largest absolute Gasteiger partial charge is 0.478 e. The van der Waals surface area contributed by atoms with Gasteiger partial charge in [0.15, 0.2) is 5.69 Å². The van der Waals surface area contributed by atoms with Crippen LogP contribution < -0.4 is 5.32 Å². The maximum absolute atomic E-state index is 13.8. The lowest BCUT2D eigenvalue weighted by atomic mass is 9.99. The highest BCUT2D eigenvalue weighted by Gasteiger charge is 2.22. The lowest BCUT2D eigenvalue weighted by Crippen LogP contribution is -2.23. The van der Waals surface area contributed by atoms with Crippen molar-refractivity contribution in [1.29, 1.82) is 0 Å². The van der Waals surface area contributed by atoms with Crippen LogP contribution in [0.15, 0.2) is 94.9 Å². The van der Waals surface area contributed by atoms with Gasteiger partial charge in [0.2, 0.25) is 0 Å². The Bertz CT molecular complexity index is 1790. The molecule has 0 saturated carbocycles. The second kappa shape index (κ2) is 11.7. The van der Waals surface area contributed by atoms with E-state index in [0.29, 0.717) is 21.7 Å². The Hall–Kier alpha value is -4.94. The van der Waals surface area contributed by atoms with Crippen LogP contribution in [0.3, 0.4) is 0 Å². The van der Waals surface area contributed by atoms with Crippen molar-refractivity contribution in [3.63, 3.8) is 0 Å². The van der Waals surface area contributed by atoms with Gasteiger partial charge in [-0.15, -0.1) is 0 Å². The number of hydrogen-bond donors (Lipinski definition) is 2. The SMILES string of the molecule is [C-]#[N+]c1ccc(Sc2nn(C(C)C)c3cc(-c4ccc(F)cc4)cc(C(=O)NCc4ccc(C(=O)O)cc4)c23)cc1. The fraction of sp³-hybridized carbons (Fsp3) is 0.125. The van der Waals surface area contributed by atoms with Crippen LogP contribution in [-0.4, -0.2) is 26.8 Å². The van der Waals surface area contributed by atoms with Crippen molar-refractivity contribution in [3.05, 3.63) is 119 Å². The smallest absolute Gasteiger partial charge is 0.335 e. The van der Waals surface area contributed by atoms with Crippen molar-refractivity contribution in [2.45, 2.75) is 36.4 Å². The van der Waals surface area contributed by atoms with Gasteiger partial charge in [0.25, 0.3) is 5.91 Å². The number of halogens is 1. The first-order valence-corrected chi connectivity index (χ1v) is 13.6. The molecule has 5 aromatic rings. The van der Waals surface area contributed by atoms with Crippen molar-refractivity contribution in [3.8, 4) is 11.1 Å². The van der Waals surface area contributed by atoms with Crippen molar-refractivity contribution in [2.75, 3.05) is 0 Å². The summed E-state index contributed by atoms with van der Waals surface area (Å²) < 4.78 is 15.6. The predicted molar refractivity (Wildman–Crippen MR) is 157 cm³/mol. The number of aromatic carboxylic acids is 1. The van der Waals surface area contributed by atoms with Gasteiger partial charge in [-0.25, -0.2) is 14.0 Å². The number of nitrogens with one attached hydrogen (secondary N) is 1. The molecule has 0 spiro atoms. The Kier molecular flexibility index (Phi) is 7.86. The summed E-state index contributed by atoms with van der Waals surface area (Å²) in [4.78, 5) is 29.3. The average Bonchev–Trinajstić information content (AvgIpc) is 3.35. The molecule has 204 valence electrons. The first kappa shape index (κ1) is 27.6. The molecule has 1 aromatic heterocycles. The first-order chi connectivity index (χ1) is 19.7. The van der Waals surface area contributed by atoms with Crippen LogP contribution >= 0.6 is 11.8 Å². The molecular weight excluding hydrogens is 539 g/mol. The highest BCUT2D eigenvalue weighted by molar-refractivity contribution is 7.99. The molecule has 0 unspecified atom stereocenters. The van der Waals surface area contributed by atoms with E-state index in [1.165, 1.54) is 36.0 Å². The van der Waals surface area contributed by atoms with E-state index in [4.69, 9.17) is 16.8 Å².